The lowest BCUT2D eigenvalue weighted by molar-refractivity contribution is -0.123. The molecule has 4 nitrogen and oxygen atoms in total. The van der Waals surface area contributed by atoms with Crippen LogP contribution < -0.4 is 5.32 Å². The Hall–Kier alpha value is -1.84. The van der Waals surface area contributed by atoms with Crippen LogP contribution in [0.5, 0.6) is 0 Å². The van der Waals surface area contributed by atoms with Crippen molar-refractivity contribution in [1.29, 1.82) is 0 Å². The number of rotatable bonds is 3. The Morgan fingerprint density at radius 2 is 1.89 bits per heavy atom. The van der Waals surface area contributed by atoms with Crippen LogP contribution in [0.2, 0.25) is 0 Å². The van der Waals surface area contributed by atoms with Crippen molar-refractivity contribution in [2.45, 2.75) is 34.6 Å². The van der Waals surface area contributed by atoms with E-state index in [2.05, 4.69) is 5.32 Å². The number of carbonyl (C=O) groups is 2. The number of ether oxygens (including phenoxy) is 1. The summed E-state index contributed by atoms with van der Waals surface area (Å²) >= 11 is 0. The second-order valence-electron chi connectivity index (χ2n) is 5.40. The molecule has 1 N–H and O–H groups in total. The molecule has 0 saturated heterocycles. The monoisotopic (exact) mass is 263 g/mol. The third-order valence-electron chi connectivity index (χ3n) is 2.76. The van der Waals surface area contributed by atoms with Gasteiger partial charge in [-0.25, -0.2) is 4.79 Å². The SMILES string of the molecule is CCOC(=O)c1cccc(NC(=O)C(C)(C)C)c1C. The highest BCUT2D eigenvalue weighted by Crippen LogP contribution is 2.23. The quantitative estimate of drug-likeness (QED) is 0.852. The summed E-state index contributed by atoms with van der Waals surface area (Å²) in [7, 11) is 0. The predicted molar refractivity (Wildman–Crippen MR) is 75.2 cm³/mol. The van der Waals surface area contributed by atoms with Gasteiger partial charge in [0, 0.05) is 11.1 Å². The van der Waals surface area contributed by atoms with Gasteiger partial charge in [0.2, 0.25) is 5.91 Å². The molecule has 0 bridgehead atoms. The molecule has 0 radical (unpaired) electrons. The van der Waals surface area contributed by atoms with E-state index in [1.54, 1.807) is 32.0 Å². The number of hydrogen-bond acceptors (Lipinski definition) is 3. The van der Waals surface area contributed by atoms with Crippen LogP contribution in [0.4, 0.5) is 5.69 Å². The Balaban J connectivity index is 3.02. The maximum atomic E-state index is 12.0. The van der Waals surface area contributed by atoms with Gasteiger partial charge in [0.15, 0.2) is 0 Å². The molecule has 0 saturated carbocycles. The summed E-state index contributed by atoms with van der Waals surface area (Å²) in [6.45, 7) is 9.41. The van der Waals surface area contributed by atoms with E-state index in [-0.39, 0.29) is 11.9 Å². The van der Waals surface area contributed by atoms with Gasteiger partial charge in [0.1, 0.15) is 0 Å². The van der Waals surface area contributed by atoms with E-state index in [1.807, 2.05) is 20.8 Å². The number of amides is 1. The number of anilines is 1. The largest absolute Gasteiger partial charge is 0.462 e. The molecule has 1 aromatic rings. The molecule has 0 aromatic heterocycles. The van der Waals surface area contributed by atoms with E-state index in [0.717, 1.165) is 5.56 Å². The maximum Gasteiger partial charge on any atom is 0.338 e. The average Bonchev–Trinajstić information content (AvgIpc) is 2.30. The van der Waals surface area contributed by atoms with Crippen molar-refractivity contribution >= 4 is 17.6 Å². The zero-order valence-corrected chi connectivity index (χ0v) is 12.2. The number of benzene rings is 1. The van der Waals surface area contributed by atoms with Gasteiger partial charge in [-0.3, -0.25) is 4.79 Å². The fourth-order valence-corrected chi connectivity index (χ4v) is 1.51. The van der Waals surface area contributed by atoms with Gasteiger partial charge >= 0.3 is 5.97 Å². The number of esters is 1. The van der Waals surface area contributed by atoms with Gasteiger partial charge in [-0.2, -0.15) is 0 Å². The molecule has 0 unspecified atom stereocenters. The van der Waals surface area contributed by atoms with Gasteiger partial charge in [0.05, 0.1) is 12.2 Å². The molecule has 1 amide bonds. The van der Waals surface area contributed by atoms with Crippen molar-refractivity contribution in [2.24, 2.45) is 5.41 Å². The third kappa shape index (κ3) is 3.81. The number of hydrogen-bond donors (Lipinski definition) is 1. The second-order valence-corrected chi connectivity index (χ2v) is 5.40. The Morgan fingerprint density at radius 3 is 2.42 bits per heavy atom. The van der Waals surface area contributed by atoms with Gasteiger partial charge in [-0.15, -0.1) is 0 Å². The van der Waals surface area contributed by atoms with Crippen molar-refractivity contribution in [2.75, 3.05) is 11.9 Å². The molecule has 0 aliphatic carbocycles. The van der Waals surface area contributed by atoms with Crippen LogP contribution in [0.3, 0.4) is 0 Å². The van der Waals surface area contributed by atoms with E-state index in [0.29, 0.717) is 17.9 Å². The van der Waals surface area contributed by atoms with Crippen molar-refractivity contribution in [1.82, 2.24) is 0 Å². The summed E-state index contributed by atoms with van der Waals surface area (Å²) in [4.78, 5) is 23.7. The second kappa shape index (κ2) is 5.87. The lowest BCUT2D eigenvalue weighted by Crippen LogP contribution is -2.28. The Labute approximate surface area is 114 Å². The van der Waals surface area contributed by atoms with Crippen LogP contribution in [-0.2, 0) is 9.53 Å². The molecule has 0 atom stereocenters. The molecule has 0 fully saturated rings. The van der Waals surface area contributed by atoms with Gasteiger partial charge in [-0.05, 0) is 31.5 Å². The van der Waals surface area contributed by atoms with E-state index in [4.69, 9.17) is 4.74 Å². The lowest BCUT2D eigenvalue weighted by Gasteiger charge is -2.19. The normalized spacial score (nSPS) is 11.0. The fourth-order valence-electron chi connectivity index (χ4n) is 1.51. The summed E-state index contributed by atoms with van der Waals surface area (Å²) in [5, 5.41) is 2.84. The topological polar surface area (TPSA) is 55.4 Å². The molecule has 0 aliphatic rings. The van der Waals surface area contributed by atoms with Crippen LogP contribution in [0, 0.1) is 12.3 Å². The molecular weight excluding hydrogens is 242 g/mol. The van der Waals surface area contributed by atoms with E-state index < -0.39 is 5.41 Å². The summed E-state index contributed by atoms with van der Waals surface area (Å²) in [5.74, 6) is -0.455. The fraction of sp³-hybridized carbons (Fsp3) is 0.467. The first-order valence-corrected chi connectivity index (χ1v) is 6.35. The molecule has 4 heteroatoms. The highest BCUT2D eigenvalue weighted by molar-refractivity contribution is 5.98. The molecule has 0 spiro atoms. The van der Waals surface area contributed by atoms with Gasteiger partial charge in [-0.1, -0.05) is 26.8 Å². The summed E-state index contributed by atoms with van der Waals surface area (Å²) < 4.78 is 4.98. The van der Waals surface area contributed by atoms with Crippen molar-refractivity contribution in [3.8, 4) is 0 Å². The summed E-state index contributed by atoms with van der Waals surface area (Å²) in [5.41, 5.74) is 1.37. The predicted octanol–water partition coefficient (Wildman–Crippen LogP) is 3.16. The van der Waals surface area contributed by atoms with Crippen molar-refractivity contribution in [3.05, 3.63) is 29.3 Å². The Kier molecular flexibility index (Phi) is 4.70. The third-order valence-corrected chi connectivity index (χ3v) is 2.76. The number of nitrogens with one attached hydrogen (secondary N) is 1. The molecular formula is C15H21NO3. The van der Waals surface area contributed by atoms with Crippen LogP contribution in [0.25, 0.3) is 0 Å². The molecule has 0 aliphatic heterocycles. The minimum absolute atomic E-state index is 0.0865. The van der Waals surface area contributed by atoms with Crippen LogP contribution in [0.15, 0.2) is 18.2 Å². The minimum atomic E-state index is -0.480. The molecule has 1 aromatic carbocycles. The van der Waals surface area contributed by atoms with Gasteiger partial charge < -0.3 is 10.1 Å². The zero-order chi connectivity index (χ0) is 14.6. The summed E-state index contributed by atoms with van der Waals surface area (Å²) in [6, 6.07) is 5.21. The Bertz CT molecular complexity index is 487. The highest BCUT2D eigenvalue weighted by Gasteiger charge is 2.22. The molecule has 104 valence electrons. The summed E-state index contributed by atoms with van der Waals surface area (Å²) in [6.07, 6.45) is 0. The first-order chi connectivity index (χ1) is 8.77. The van der Waals surface area contributed by atoms with Crippen LogP contribution in [-0.4, -0.2) is 18.5 Å². The first-order valence-electron chi connectivity index (χ1n) is 6.35. The Morgan fingerprint density at radius 1 is 1.26 bits per heavy atom. The molecule has 1 rings (SSSR count). The van der Waals surface area contributed by atoms with E-state index in [9.17, 15) is 9.59 Å². The number of carbonyl (C=O) groups excluding carboxylic acids is 2. The van der Waals surface area contributed by atoms with Crippen molar-refractivity contribution in [3.63, 3.8) is 0 Å². The zero-order valence-electron chi connectivity index (χ0n) is 12.2. The highest BCUT2D eigenvalue weighted by atomic mass is 16.5. The van der Waals surface area contributed by atoms with Crippen LogP contribution in [0.1, 0.15) is 43.6 Å². The smallest absolute Gasteiger partial charge is 0.338 e. The molecule has 0 heterocycles. The lowest BCUT2D eigenvalue weighted by atomic mass is 9.95. The van der Waals surface area contributed by atoms with E-state index in [1.165, 1.54) is 0 Å². The minimum Gasteiger partial charge on any atom is -0.462 e. The standard InChI is InChI=1S/C15H21NO3/c1-6-19-13(17)11-8-7-9-12(10(11)2)16-14(18)15(3,4)5/h7-9H,6H2,1-5H3,(H,16,18). The van der Waals surface area contributed by atoms with Crippen molar-refractivity contribution < 1.29 is 14.3 Å². The van der Waals surface area contributed by atoms with E-state index >= 15 is 0 Å². The molecule has 19 heavy (non-hydrogen) atoms. The average molecular weight is 263 g/mol. The first kappa shape index (κ1) is 15.2. The van der Waals surface area contributed by atoms with Crippen LogP contribution >= 0.6 is 0 Å². The maximum absolute atomic E-state index is 12.0. The van der Waals surface area contributed by atoms with Gasteiger partial charge in [0.25, 0.3) is 0 Å².